The van der Waals surface area contributed by atoms with Crippen molar-refractivity contribution in [3.63, 3.8) is 0 Å². The van der Waals surface area contributed by atoms with Gasteiger partial charge < -0.3 is 21.0 Å². The number of amidine groups is 1. The highest BCUT2D eigenvalue weighted by Gasteiger charge is 2.12. The van der Waals surface area contributed by atoms with Crippen LogP contribution in [0.4, 0.5) is 0 Å². The first-order valence-electron chi connectivity index (χ1n) is 7.19. The molecule has 1 aromatic rings. The fourth-order valence-corrected chi connectivity index (χ4v) is 2.38. The minimum Gasteiger partial charge on any atom is -0.409 e. The van der Waals surface area contributed by atoms with Crippen LogP contribution in [-0.4, -0.2) is 30.3 Å². The van der Waals surface area contributed by atoms with Crippen molar-refractivity contribution < 1.29 is 9.94 Å². The van der Waals surface area contributed by atoms with E-state index in [-0.39, 0.29) is 5.84 Å². The molecule has 5 heteroatoms. The van der Waals surface area contributed by atoms with Gasteiger partial charge in [-0.2, -0.15) is 0 Å². The molecule has 1 saturated heterocycles. The summed E-state index contributed by atoms with van der Waals surface area (Å²) in [6.07, 6.45) is 5.19. The normalized spacial score (nSPS) is 20.0. The molecular weight excluding hydrogens is 254 g/mol. The third-order valence-electron chi connectivity index (χ3n) is 3.60. The highest BCUT2D eigenvalue weighted by molar-refractivity contribution is 5.96. The Kier molecular flexibility index (Phi) is 5.83. The molecule has 0 radical (unpaired) electrons. The second-order valence-corrected chi connectivity index (χ2v) is 5.14. The molecule has 1 aliphatic rings. The lowest BCUT2D eigenvalue weighted by Gasteiger charge is -2.22. The summed E-state index contributed by atoms with van der Waals surface area (Å²) in [5.74, 6) is 0.138. The van der Waals surface area contributed by atoms with E-state index in [4.69, 9.17) is 15.7 Å². The summed E-state index contributed by atoms with van der Waals surface area (Å²) >= 11 is 0. The van der Waals surface area contributed by atoms with Gasteiger partial charge in [0.2, 0.25) is 0 Å². The van der Waals surface area contributed by atoms with E-state index in [0.717, 1.165) is 31.7 Å². The second kappa shape index (κ2) is 7.87. The van der Waals surface area contributed by atoms with Crippen molar-refractivity contribution in [2.24, 2.45) is 10.9 Å². The predicted octanol–water partition coefficient (Wildman–Crippen LogP) is 1.83. The van der Waals surface area contributed by atoms with E-state index in [9.17, 15) is 0 Å². The Balaban J connectivity index is 1.68. The molecule has 2 rings (SSSR count). The Morgan fingerprint density at radius 3 is 2.80 bits per heavy atom. The number of benzene rings is 1. The minimum absolute atomic E-state index is 0.138. The van der Waals surface area contributed by atoms with Crippen molar-refractivity contribution in [3.05, 3.63) is 35.4 Å². The van der Waals surface area contributed by atoms with Gasteiger partial charge >= 0.3 is 0 Å². The zero-order valence-corrected chi connectivity index (χ0v) is 11.7. The first kappa shape index (κ1) is 14.8. The Hall–Kier alpha value is -1.59. The van der Waals surface area contributed by atoms with Gasteiger partial charge in [0.1, 0.15) is 0 Å². The molecule has 0 bridgehead atoms. The molecule has 1 atom stereocenters. The van der Waals surface area contributed by atoms with Crippen LogP contribution in [-0.2, 0) is 11.3 Å². The average molecular weight is 277 g/mol. The van der Waals surface area contributed by atoms with Crippen molar-refractivity contribution in [3.8, 4) is 0 Å². The maximum atomic E-state index is 8.59. The quantitative estimate of drug-likeness (QED) is 0.244. The summed E-state index contributed by atoms with van der Waals surface area (Å²) in [6, 6.07) is 7.68. The Morgan fingerprint density at radius 1 is 1.35 bits per heavy atom. The molecule has 4 N–H and O–H groups in total. The van der Waals surface area contributed by atoms with Crippen molar-refractivity contribution in [2.75, 3.05) is 13.2 Å². The Morgan fingerprint density at radius 2 is 2.15 bits per heavy atom. The van der Waals surface area contributed by atoms with Crippen molar-refractivity contribution in [2.45, 2.75) is 38.3 Å². The molecule has 1 unspecified atom stereocenters. The zero-order chi connectivity index (χ0) is 14.2. The van der Waals surface area contributed by atoms with E-state index < -0.39 is 0 Å². The largest absolute Gasteiger partial charge is 0.409 e. The topological polar surface area (TPSA) is 79.9 Å². The summed E-state index contributed by atoms with van der Waals surface area (Å²) in [4.78, 5) is 0. The van der Waals surface area contributed by atoms with Crippen molar-refractivity contribution in [1.29, 1.82) is 0 Å². The van der Waals surface area contributed by atoms with E-state index in [2.05, 4.69) is 10.5 Å². The van der Waals surface area contributed by atoms with Gasteiger partial charge in [-0.1, -0.05) is 29.4 Å². The molecule has 1 heterocycles. The van der Waals surface area contributed by atoms with E-state index in [1.165, 1.54) is 24.8 Å². The third kappa shape index (κ3) is 4.51. The lowest BCUT2D eigenvalue weighted by molar-refractivity contribution is 0.0115. The van der Waals surface area contributed by atoms with Crippen LogP contribution in [0.15, 0.2) is 29.4 Å². The van der Waals surface area contributed by atoms with Gasteiger partial charge in [0.15, 0.2) is 5.84 Å². The Labute approximate surface area is 119 Å². The molecule has 0 spiro atoms. The van der Waals surface area contributed by atoms with Crippen LogP contribution in [0.5, 0.6) is 0 Å². The van der Waals surface area contributed by atoms with Gasteiger partial charge in [-0.25, -0.2) is 0 Å². The fourth-order valence-electron chi connectivity index (χ4n) is 2.38. The SMILES string of the molecule is N/C(=N/O)c1ccc(CNCCC2CCCCO2)cc1. The molecule has 1 fully saturated rings. The summed E-state index contributed by atoms with van der Waals surface area (Å²) in [7, 11) is 0. The number of oxime groups is 1. The maximum absolute atomic E-state index is 8.59. The number of ether oxygens (including phenoxy) is 1. The number of nitrogens with zero attached hydrogens (tertiary/aromatic N) is 1. The summed E-state index contributed by atoms with van der Waals surface area (Å²) in [6.45, 7) is 2.70. The van der Waals surface area contributed by atoms with Gasteiger partial charge in [-0.3, -0.25) is 0 Å². The molecule has 1 aromatic carbocycles. The van der Waals surface area contributed by atoms with Crippen LogP contribution in [0.1, 0.15) is 36.8 Å². The second-order valence-electron chi connectivity index (χ2n) is 5.14. The van der Waals surface area contributed by atoms with Crippen molar-refractivity contribution >= 4 is 5.84 Å². The number of hydrogen-bond donors (Lipinski definition) is 3. The maximum Gasteiger partial charge on any atom is 0.170 e. The lowest BCUT2D eigenvalue weighted by atomic mass is 10.1. The monoisotopic (exact) mass is 277 g/mol. The van der Waals surface area contributed by atoms with Crippen LogP contribution in [0.25, 0.3) is 0 Å². The molecule has 110 valence electrons. The molecule has 5 nitrogen and oxygen atoms in total. The molecule has 20 heavy (non-hydrogen) atoms. The Bertz CT molecular complexity index is 425. The molecule has 0 aromatic heterocycles. The van der Waals surface area contributed by atoms with E-state index in [1.807, 2.05) is 24.3 Å². The third-order valence-corrected chi connectivity index (χ3v) is 3.60. The van der Waals surface area contributed by atoms with Gasteiger partial charge in [-0.15, -0.1) is 0 Å². The van der Waals surface area contributed by atoms with E-state index in [0.29, 0.717) is 6.10 Å². The van der Waals surface area contributed by atoms with Crippen LogP contribution >= 0.6 is 0 Å². The zero-order valence-electron chi connectivity index (χ0n) is 11.7. The summed E-state index contributed by atoms with van der Waals surface area (Å²) in [5, 5.41) is 15.0. The minimum atomic E-state index is 0.138. The fraction of sp³-hybridized carbons (Fsp3) is 0.533. The van der Waals surface area contributed by atoms with Crippen LogP contribution in [0.2, 0.25) is 0 Å². The van der Waals surface area contributed by atoms with E-state index >= 15 is 0 Å². The molecule has 0 aliphatic carbocycles. The average Bonchev–Trinajstić information content (AvgIpc) is 2.52. The van der Waals surface area contributed by atoms with Gasteiger partial charge in [-0.05, 0) is 37.8 Å². The summed E-state index contributed by atoms with van der Waals surface area (Å²) < 4.78 is 5.69. The van der Waals surface area contributed by atoms with Crippen LogP contribution in [0, 0.1) is 0 Å². The van der Waals surface area contributed by atoms with E-state index in [1.54, 1.807) is 0 Å². The highest BCUT2D eigenvalue weighted by atomic mass is 16.5. The molecule has 0 amide bonds. The van der Waals surface area contributed by atoms with Crippen LogP contribution < -0.4 is 11.1 Å². The smallest absolute Gasteiger partial charge is 0.170 e. The van der Waals surface area contributed by atoms with Gasteiger partial charge in [0.25, 0.3) is 0 Å². The first-order valence-corrected chi connectivity index (χ1v) is 7.19. The summed E-state index contributed by atoms with van der Waals surface area (Å²) in [5.41, 5.74) is 7.43. The number of nitrogens with one attached hydrogen (secondary N) is 1. The molecule has 1 aliphatic heterocycles. The van der Waals surface area contributed by atoms with Gasteiger partial charge in [0, 0.05) is 18.7 Å². The first-order chi connectivity index (χ1) is 9.79. The highest BCUT2D eigenvalue weighted by Crippen LogP contribution is 2.14. The number of rotatable bonds is 6. The number of hydrogen-bond acceptors (Lipinski definition) is 4. The predicted molar refractivity (Wildman–Crippen MR) is 78.9 cm³/mol. The number of nitrogens with two attached hydrogens (primary N) is 1. The lowest BCUT2D eigenvalue weighted by Crippen LogP contribution is -2.25. The standard InChI is InChI=1S/C15H23N3O2/c16-15(18-19)13-6-4-12(5-7-13)11-17-9-8-14-3-1-2-10-20-14/h4-7,14,17,19H,1-3,8-11H2,(H2,16,18). The molecular formula is C15H23N3O2. The van der Waals surface area contributed by atoms with Crippen LogP contribution in [0.3, 0.4) is 0 Å². The van der Waals surface area contributed by atoms with Gasteiger partial charge in [0.05, 0.1) is 6.10 Å². The van der Waals surface area contributed by atoms with Crippen molar-refractivity contribution in [1.82, 2.24) is 5.32 Å². The molecule has 0 saturated carbocycles.